The van der Waals surface area contributed by atoms with Crippen LogP contribution in [-0.4, -0.2) is 33.0 Å². The van der Waals surface area contributed by atoms with Crippen LogP contribution in [0.3, 0.4) is 0 Å². The van der Waals surface area contributed by atoms with Crippen molar-refractivity contribution in [2.45, 2.75) is 11.7 Å². The van der Waals surface area contributed by atoms with Crippen molar-refractivity contribution in [3.8, 4) is 0 Å². The van der Waals surface area contributed by atoms with Crippen LogP contribution in [0.2, 0.25) is 0 Å². The van der Waals surface area contributed by atoms with Gasteiger partial charge in [-0.2, -0.15) is 0 Å². The molecule has 7 heteroatoms. The Kier molecular flexibility index (Phi) is 3.67. The quantitative estimate of drug-likeness (QED) is 0.676. The van der Waals surface area contributed by atoms with Crippen LogP contribution in [0.5, 0.6) is 0 Å². The summed E-state index contributed by atoms with van der Waals surface area (Å²) in [5.41, 5.74) is 5.35. The summed E-state index contributed by atoms with van der Waals surface area (Å²) in [6.07, 6.45) is 1.98. The number of tetrazole rings is 1. The molecule has 0 unspecified atom stereocenters. The van der Waals surface area contributed by atoms with Crippen molar-refractivity contribution < 1.29 is 0 Å². The Bertz CT molecular complexity index is 192. The summed E-state index contributed by atoms with van der Waals surface area (Å²) < 4.78 is 1.70. The predicted molar refractivity (Wildman–Crippen MR) is 46.2 cm³/mol. The zero-order valence-corrected chi connectivity index (χ0v) is 7.73. The second kappa shape index (κ2) is 4.58. The second-order valence-electron chi connectivity index (χ2n) is 1.72. The minimum atomic E-state index is 0.562. The zero-order chi connectivity index (χ0) is 8.10. The maximum absolute atomic E-state index is 5.35. The number of hydrogen-bond acceptors (Lipinski definition) is 6. The molecule has 0 aromatic carbocycles. The van der Waals surface area contributed by atoms with Gasteiger partial charge in [-0.15, -0.1) is 5.10 Å². The Labute approximate surface area is 72.5 Å². The van der Waals surface area contributed by atoms with Crippen molar-refractivity contribution in [1.29, 1.82) is 0 Å². The van der Waals surface area contributed by atoms with Gasteiger partial charge in [0.25, 0.3) is 0 Å². The molecule has 0 aliphatic carbocycles. The van der Waals surface area contributed by atoms with Crippen molar-refractivity contribution in [3.63, 3.8) is 0 Å². The molecule has 1 rings (SSSR count). The molecule has 0 radical (unpaired) electrons. The van der Waals surface area contributed by atoms with E-state index in [1.807, 2.05) is 6.26 Å². The fraction of sp³-hybridized carbons (Fsp3) is 0.750. The average Bonchev–Trinajstić information content (AvgIpc) is 2.39. The summed E-state index contributed by atoms with van der Waals surface area (Å²) >= 11 is 0. The van der Waals surface area contributed by atoms with Crippen molar-refractivity contribution in [2.75, 3.05) is 12.8 Å². The van der Waals surface area contributed by atoms with Crippen molar-refractivity contribution in [3.05, 3.63) is 0 Å². The van der Waals surface area contributed by atoms with E-state index in [1.54, 1.807) is 15.5 Å². The zero-order valence-electron chi connectivity index (χ0n) is 6.10. The van der Waals surface area contributed by atoms with Gasteiger partial charge >= 0.3 is 0 Å². The molecular formula is C4H9N5S2. The Morgan fingerprint density at radius 2 is 2.45 bits per heavy atom. The van der Waals surface area contributed by atoms with Gasteiger partial charge in [0.05, 0.1) is 6.54 Å². The van der Waals surface area contributed by atoms with E-state index in [9.17, 15) is 0 Å². The largest absolute Gasteiger partial charge is 0.329 e. The first kappa shape index (κ1) is 8.82. The van der Waals surface area contributed by atoms with Crippen LogP contribution in [0, 0.1) is 0 Å². The summed E-state index contributed by atoms with van der Waals surface area (Å²) in [7, 11) is 3.15. The molecule has 11 heavy (non-hydrogen) atoms. The summed E-state index contributed by atoms with van der Waals surface area (Å²) in [4.78, 5) is 0. The smallest absolute Gasteiger partial charge is 0.220 e. The number of nitrogens with zero attached hydrogens (tertiary/aromatic N) is 4. The summed E-state index contributed by atoms with van der Waals surface area (Å²) in [6, 6.07) is 0. The van der Waals surface area contributed by atoms with Gasteiger partial charge in [-0.25, -0.2) is 4.68 Å². The molecular weight excluding hydrogens is 182 g/mol. The normalized spacial score (nSPS) is 10.4. The lowest BCUT2D eigenvalue weighted by molar-refractivity contribution is 0.558. The maximum atomic E-state index is 5.35. The van der Waals surface area contributed by atoms with E-state index >= 15 is 0 Å². The third-order valence-corrected chi connectivity index (χ3v) is 2.55. The van der Waals surface area contributed by atoms with Gasteiger partial charge in [0, 0.05) is 6.54 Å². The molecule has 0 aliphatic heterocycles. The van der Waals surface area contributed by atoms with E-state index in [0.29, 0.717) is 13.1 Å². The molecule has 0 saturated carbocycles. The van der Waals surface area contributed by atoms with Crippen molar-refractivity contribution in [1.82, 2.24) is 20.2 Å². The van der Waals surface area contributed by atoms with Crippen molar-refractivity contribution in [2.24, 2.45) is 5.73 Å². The maximum Gasteiger partial charge on any atom is 0.220 e. The van der Waals surface area contributed by atoms with Crippen LogP contribution in [-0.2, 0) is 6.54 Å². The first-order chi connectivity index (χ1) is 5.38. The van der Waals surface area contributed by atoms with Crippen LogP contribution < -0.4 is 5.73 Å². The van der Waals surface area contributed by atoms with E-state index in [1.165, 1.54) is 10.8 Å². The summed E-state index contributed by atoms with van der Waals surface area (Å²) in [5.74, 6) is 0. The van der Waals surface area contributed by atoms with E-state index in [0.717, 1.165) is 5.16 Å². The number of hydrogen-bond donors (Lipinski definition) is 1. The molecule has 1 aromatic heterocycles. The van der Waals surface area contributed by atoms with Gasteiger partial charge in [-0.1, -0.05) is 10.8 Å². The molecule has 1 heterocycles. The fourth-order valence-corrected chi connectivity index (χ4v) is 1.83. The Morgan fingerprint density at radius 1 is 1.64 bits per heavy atom. The molecule has 0 spiro atoms. The Morgan fingerprint density at radius 3 is 3.09 bits per heavy atom. The van der Waals surface area contributed by atoms with Crippen LogP contribution >= 0.6 is 21.6 Å². The number of aromatic nitrogens is 4. The van der Waals surface area contributed by atoms with Gasteiger partial charge < -0.3 is 5.73 Å². The first-order valence-electron chi connectivity index (χ1n) is 3.05. The summed E-state index contributed by atoms with van der Waals surface area (Å²) in [6.45, 7) is 1.24. The molecule has 1 aromatic rings. The average molecular weight is 191 g/mol. The van der Waals surface area contributed by atoms with Crippen LogP contribution in [0.15, 0.2) is 5.16 Å². The highest BCUT2D eigenvalue weighted by atomic mass is 33.1. The topological polar surface area (TPSA) is 69.6 Å². The lowest BCUT2D eigenvalue weighted by Gasteiger charge is -1.98. The van der Waals surface area contributed by atoms with E-state index in [-0.39, 0.29) is 0 Å². The standard InChI is InChI=1S/C4H9N5S2/c1-10-11-4-6-7-8-9(4)3-2-5/h2-3,5H2,1H3. The highest BCUT2D eigenvalue weighted by molar-refractivity contribution is 8.76. The minimum Gasteiger partial charge on any atom is -0.329 e. The van der Waals surface area contributed by atoms with Gasteiger partial charge in [0.15, 0.2) is 0 Å². The molecule has 0 atom stereocenters. The van der Waals surface area contributed by atoms with Crippen LogP contribution in [0.4, 0.5) is 0 Å². The fourth-order valence-electron chi connectivity index (χ4n) is 0.593. The van der Waals surface area contributed by atoms with Gasteiger partial charge in [0.2, 0.25) is 5.16 Å². The number of nitrogens with two attached hydrogens (primary N) is 1. The van der Waals surface area contributed by atoms with Gasteiger partial charge in [-0.05, 0) is 27.5 Å². The summed E-state index contributed by atoms with van der Waals surface area (Å²) in [5, 5.41) is 11.9. The molecule has 0 amide bonds. The second-order valence-corrected chi connectivity index (χ2v) is 4.09. The predicted octanol–water partition coefficient (Wildman–Crippen LogP) is 0.00190. The monoisotopic (exact) mass is 191 g/mol. The van der Waals surface area contributed by atoms with E-state index < -0.39 is 0 Å². The molecule has 5 nitrogen and oxygen atoms in total. The molecule has 0 saturated heterocycles. The lowest BCUT2D eigenvalue weighted by atomic mass is 10.7. The third-order valence-electron chi connectivity index (χ3n) is 0.998. The molecule has 62 valence electrons. The molecule has 0 aliphatic rings. The first-order valence-corrected chi connectivity index (χ1v) is 5.61. The van der Waals surface area contributed by atoms with E-state index in [4.69, 9.17) is 5.73 Å². The Balaban J connectivity index is 2.62. The van der Waals surface area contributed by atoms with Gasteiger partial charge in [0.1, 0.15) is 0 Å². The number of rotatable bonds is 4. The molecule has 0 fully saturated rings. The van der Waals surface area contributed by atoms with Crippen LogP contribution in [0.1, 0.15) is 0 Å². The van der Waals surface area contributed by atoms with Crippen LogP contribution in [0.25, 0.3) is 0 Å². The third kappa shape index (κ3) is 2.35. The van der Waals surface area contributed by atoms with Crippen molar-refractivity contribution >= 4 is 21.6 Å². The molecule has 2 N–H and O–H groups in total. The van der Waals surface area contributed by atoms with E-state index in [2.05, 4.69) is 15.5 Å². The lowest BCUT2D eigenvalue weighted by Crippen LogP contribution is -2.11. The highest BCUT2D eigenvalue weighted by Gasteiger charge is 2.03. The highest BCUT2D eigenvalue weighted by Crippen LogP contribution is 2.24. The van der Waals surface area contributed by atoms with Gasteiger partial charge in [-0.3, -0.25) is 0 Å². The Hall–Kier alpha value is -0.270. The minimum absolute atomic E-state index is 0.562. The molecule has 0 bridgehead atoms. The SMILES string of the molecule is CSSc1nnnn1CCN.